The molecule has 4 aliphatic rings. The second-order valence-electron chi connectivity index (χ2n) is 11.2. The summed E-state index contributed by atoms with van der Waals surface area (Å²) in [6, 6.07) is -0.653. The van der Waals surface area contributed by atoms with Gasteiger partial charge in [0.2, 0.25) is 17.7 Å². The summed E-state index contributed by atoms with van der Waals surface area (Å²) in [6.45, 7) is 16.0. The molecule has 2 bridgehead atoms. The van der Waals surface area contributed by atoms with Crippen LogP contribution in [0.2, 0.25) is 0 Å². The van der Waals surface area contributed by atoms with Gasteiger partial charge >= 0.3 is 0 Å². The summed E-state index contributed by atoms with van der Waals surface area (Å²) < 4.78 is 4.81. The van der Waals surface area contributed by atoms with E-state index >= 15 is 0 Å². The molecule has 0 aromatic carbocycles. The number of alkyl halides is 1. The third-order valence-electron chi connectivity index (χ3n) is 8.72. The van der Waals surface area contributed by atoms with Crippen molar-refractivity contribution in [1.82, 2.24) is 19.6 Å². The number of hydrogen-bond acceptors (Lipinski definition) is 7. The Morgan fingerprint density at radius 2 is 1.80 bits per heavy atom. The van der Waals surface area contributed by atoms with Crippen LogP contribution in [0.25, 0.3) is 0 Å². The molecular formula is C29H45BrN4O5S. The van der Waals surface area contributed by atoms with Crippen LogP contribution in [0.1, 0.15) is 32.6 Å². The van der Waals surface area contributed by atoms with E-state index in [0.29, 0.717) is 65.2 Å². The lowest BCUT2D eigenvalue weighted by Crippen LogP contribution is -2.56. The van der Waals surface area contributed by atoms with E-state index in [1.807, 2.05) is 16.7 Å². The molecule has 11 heteroatoms. The molecule has 4 fully saturated rings. The number of morpholine rings is 1. The van der Waals surface area contributed by atoms with Gasteiger partial charge in [-0.05, 0) is 25.7 Å². The molecule has 0 saturated carbocycles. The minimum atomic E-state index is -0.670. The number of aliphatic hydroxyl groups is 1. The summed E-state index contributed by atoms with van der Waals surface area (Å²) in [7, 11) is 0. The Bertz CT molecular complexity index is 949. The van der Waals surface area contributed by atoms with Gasteiger partial charge in [-0.15, -0.1) is 24.9 Å². The third-order valence-corrected chi connectivity index (χ3v) is 11.9. The summed E-state index contributed by atoms with van der Waals surface area (Å²) >= 11 is 5.54. The number of fused-ring (bicyclic) bond motifs is 1. The van der Waals surface area contributed by atoms with Gasteiger partial charge in [0.1, 0.15) is 6.04 Å². The van der Waals surface area contributed by atoms with Gasteiger partial charge in [0.05, 0.1) is 29.8 Å². The molecule has 1 spiro atoms. The lowest BCUT2D eigenvalue weighted by Gasteiger charge is -2.39. The number of nitrogens with zero attached hydrogens (tertiary/aromatic N) is 4. The Morgan fingerprint density at radius 3 is 2.42 bits per heavy atom. The van der Waals surface area contributed by atoms with Crippen molar-refractivity contribution in [2.75, 3.05) is 72.2 Å². The highest BCUT2D eigenvalue weighted by Gasteiger charge is 2.75. The molecule has 3 amide bonds. The monoisotopic (exact) mass is 640 g/mol. The molecule has 6 atom stereocenters. The molecule has 4 heterocycles. The van der Waals surface area contributed by atoms with Gasteiger partial charge in [-0.25, -0.2) is 0 Å². The SMILES string of the molecule is C=CCN(CCN1CCOCC1)C(=O)C1N(CCCCO)C(=O)[C@@H]2[C@H](C(=O)N(CC=C)CCC)[C@H]3SC12CC3Br. The van der Waals surface area contributed by atoms with E-state index in [1.165, 1.54) is 0 Å². The molecule has 3 unspecified atom stereocenters. The summed E-state index contributed by atoms with van der Waals surface area (Å²) in [5.74, 6) is -1.19. The van der Waals surface area contributed by atoms with Crippen LogP contribution in [0.4, 0.5) is 0 Å². The molecule has 4 aliphatic heterocycles. The standard InChI is InChI=1S/C29H45BrN4O5S/c1-4-9-32(10-5-2)26(36)22-23-27(37)34(12-7-8-17-35)25(29(23)20-21(30)24(22)40-29)28(38)33(11-6-3)14-13-31-15-18-39-19-16-31/h4,6,21-25,35H,1,3,5,7-20H2,2H3/t21?,22-,23-,24-,25?,29?/m0/s1. The summed E-state index contributed by atoms with van der Waals surface area (Å²) in [5, 5.41) is 9.37. The second-order valence-corrected chi connectivity index (χ2v) is 13.9. The highest BCUT2D eigenvalue weighted by Crippen LogP contribution is 2.68. The van der Waals surface area contributed by atoms with E-state index < -0.39 is 22.6 Å². The molecule has 4 saturated heterocycles. The van der Waals surface area contributed by atoms with Gasteiger partial charge in [0.15, 0.2) is 0 Å². The molecule has 0 aromatic heterocycles. The minimum absolute atomic E-state index is 0.0118. The van der Waals surface area contributed by atoms with Crippen molar-refractivity contribution in [3.63, 3.8) is 0 Å². The second kappa shape index (κ2) is 14.2. The topological polar surface area (TPSA) is 93.6 Å². The van der Waals surface area contributed by atoms with E-state index in [2.05, 4.69) is 34.0 Å². The van der Waals surface area contributed by atoms with Crippen LogP contribution in [0.3, 0.4) is 0 Å². The Balaban J connectivity index is 1.66. The van der Waals surface area contributed by atoms with Crippen molar-refractivity contribution >= 4 is 45.4 Å². The Hall–Kier alpha value is -1.40. The molecular weight excluding hydrogens is 596 g/mol. The molecule has 0 aliphatic carbocycles. The van der Waals surface area contributed by atoms with Crippen molar-refractivity contribution < 1.29 is 24.2 Å². The van der Waals surface area contributed by atoms with Crippen LogP contribution >= 0.6 is 27.7 Å². The van der Waals surface area contributed by atoms with Crippen molar-refractivity contribution in [2.24, 2.45) is 11.8 Å². The normalized spacial score (nSPS) is 31.3. The highest BCUT2D eigenvalue weighted by molar-refractivity contribution is 9.09. The predicted molar refractivity (Wildman–Crippen MR) is 161 cm³/mol. The predicted octanol–water partition coefficient (Wildman–Crippen LogP) is 1.99. The number of rotatable bonds is 15. The minimum Gasteiger partial charge on any atom is -0.396 e. The number of carbonyl (C=O) groups is 3. The maximum Gasteiger partial charge on any atom is 0.247 e. The average molecular weight is 642 g/mol. The smallest absolute Gasteiger partial charge is 0.247 e. The van der Waals surface area contributed by atoms with E-state index in [9.17, 15) is 19.5 Å². The fourth-order valence-electron chi connectivity index (χ4n) is 6.96. The van der Waals surface area contributed by atoms with Gasteiger partial charge in [-0.1, -0.05) is 35.0 Å². The molecule has 40 heavy (non-hydrogen) atoms. The van der Waals surface area contributed by atoms with Gasteiger partial charge in [-0.2, -0.15) is 0 Å². The molecule has 224 valence electrons. The van der Waals surface area contributed by atoms with Gasteiger partial charge in [0, 0.05) is 69.0 Å². The van der Waals surface area contributed by atoms with Gasteiger partial charge < -0.3 is 24.5 Å². The van der Waals surface area contributed by atoms with Crippen LogP contribution in [-0.2, 0) is 19.1 Å². The molecule has 0 radical (unpaired) electrons. The number of likely N-dealkylation sites (tertiary alicyclic amines) is 1. The number of halogens is 1. The number of thioether (sulfide) groups is 1. The zero-order valence-corrected chi connectivity index (χ0v) is 26.1. The Kier molecular flexibility index (Phi) is 11.2. The lowest BCUT2D eigenvalue weighted by molar-refractivity contribution is -0.144. The highest BCUT2D eigenvalue weighted by atomic mass is 79.9. The van der Waals surface area contributed by atoms with Crippen LogP contribution < -0.4 is 0 Å². The first-order valence-electron chi connectivity index (χ1n) is 14.7. The molecule has 4 rings (SSSR count). The molecule has 1 N–H and O–H groups in total. The first-order valence-corrected chi connectivity index (χ1v) is 16.5. The first-order chi connectivity index (χ1) is 19.3. The molecule has 9 nitrogen and oxygen atoms in total. The van der Waals surface area contributed by atoms with Crippen molar-refractivity contribution in [3.8, 4) is 0 Å². The van der Waals surface area contributed by atoms with E-state index in [1.54, 1.807) is 28.8 Å². The van der Waals surface area contributed by atoms with Crippen molar-refractivity contribution in [1.29, 1.82) is 0 Å². The largest absolute Gasteiger partial charge is 0.396 e. The Labute approximate surface area is 251 Å². The van der Waals surface area contributed by atoms with Crippen molar-refractivity contribution in [3.05, 3.63) is 25.3 Å². The summed E-state index contributed by atoms with van der Waals surface area (Å²) in [6.07, 6.45) is 6.12. The van der Waals surface area contributed by atoms with Crippen LogP contribution in [0.5, 0.6) is 0 Å². The van der Waals surface area contributed by atoms with Gasteiger partial charge in [-0.3, -0.25) is 19.3 Å². The van der Waals surface area contributed by atoms with E-state index in [4.69, 9.17) is 4.74 Å². The van der Waals surface area contributed by atoms with Crippen LogP contribution in [-0.4, -0.2) is 135 Å². The summed E-state index contributed by atoms with van der Waals surface area (Å²) in [4.78, 5) is 50.5. The zero-order chi connectivity index (χ0) is 28.9. The number of unbranched alkanes of at least 4 members (excludes halogenated alkanes) is 1. The van der Waals surface area contributed by atoms with Crippen LogP contribution in [0.15, 0.2) is 25.3 Å². The quantitative estimate of drug-likeness (QED) is 0.166. The third kappa shape index (κ3) is 6.04. The maximum absolute atomic E-state index is 14.5. The number of amides is 3. The van der Waals surface area contributed by atoms with Gasteiger partial charge in [0.25, 0.3) is 0 Å². The maximum atomic E-state index is 14.5. The number of ether oxygens (including phenoxy) is 1. The summed E-state index contributed by atoms with van der Waals surface area (Å²) in [5.41, 5.74) is 0. The average Bonchev–Trinajstić information content (AvgIpc) is 3.54. The Morgan fingerprint density at radius 1 is 1.12 bits per heavy atom. The van der Waals surface area contributed by atoms with E-state index in [-0.39, 0.29) is 34.4 Å². The number of carbonyl (C=O) groups excluding carboxylic acids is 3. The van der Waals surface area contributed by atoms with Crippen molar-refractivity contribution in [2.45, 2.75) is 53.5 Å². The van der Waals surface area contributed by atoms with E-state index in [0.717, 1.165) is 26.1 Å². The first kappa shape index (κ1) is 31.5. The molecule has 0 aromatic rings. The number of aliphatic hydroxyl groups excluding tert-OH is 1. The fraction of sp³-hybridized carbons (Fsp3) is 0.759. The number of hydrogen-bond donors (Lipinski definition) is 1. The zero-order valence-electron chi connectivity index (χ0n) is 23.7. The fourth-order valence-corrected chi connectivity index (χ4v) is 10.6. The lowest BCUT2D eigenvalue weighted by atomic mass is 9.70. The van der Waals surface area contributed by atoms with Crippen LogP contribution in [0, 0.1) is 11.8 Å².